The van der Waals surface area contributed by atoms with Gasteiger partial charge >= 0.3 is 0 Å². The van der Waals surface area contributed by atoms with E-state index in [1.165, 1.54) is 18.3 Å². The molecule has 0 N–H and O–H groups in total. The van der Waals surface area contributed by atoms with Crippen LogP contribution in [0.1, 0.15) is 59.6 Å². The molecule has 50 heavy (non-hydrogen) atoms. The zero-order chi connectivity index (χ0) is 41.1. The number of benzene rings is 5. The zero-order valence-corrected chi connectivity index (χ0v) is 30.9. The van der Waals surface area contributed by atoms with Gasteiger partial charge in [-0.2, -0.15) is 0 Å². The summed E-state index contributed by atoms with van der Waals surface area (Å²) in [5.74, 6) is 0.755. The van der Waals surface area contributed by atoms with Crippen molar-refractivity contribution in [2.75, 3.05) is 0 Å². The van der Waals surface area contributed by atoms with Crippen molar-refractivity contribution in [2.24, 2.45) is 5.41 Å². The van der Waals surface area contributed by atoms with E-state index in [-0.39, 0.29) is 36.8 Å². The number of hydrogen-bond donors (Lipinski definition) is 0. The van der Waals surface area contributed by atoms with Crippen LogP contribution in [0.4, 0.5) is 0 Å². The van der Waals surface area contributed by atoms with Crippen molar-refractivity contribution in [3.63, 3.8) is 0 Å². The molecule has 8 aromatic rings. The predicted octanol–water partition coefficient (Wildman–Crippen LogP) is 11.8. The summed E-state index contributed by atoms with van der Waals surface area (Å²) < 4.78 is 71.9. The van der Waals surface area contributed by atoms with Gasteiger partial charge in [0.25, 0.3) is 0 Å². The van der Waals surface area contributed by atoms with E-state index in [1.54, 1.807) is 39.0 Å². The minimum absolute atomic E-state index is 0. The standard InChI is InChI=1S/C23H22NO.C22H19N2.Ir/c1-15-14-24-20(12-16(15)13-23(2,3)4)19-10-7-9-18-17-8-5-6-11-21(17)25-22(18)19;1-15-11-13-18(14-12-15)22-23-19-9-4-5-10-20(19)24(22)21-16(2)7-6-8-17(21)3;/h5-9,11-12,14H,13H2,1-4H3;4-13H,1-3H3;/q2*-1;/i1D3,13D2;1D3;. The first-order valence-electron chi connectivity index (χ1n) is 20.2. The van der Waals surface area contributed by atoms with Gasteiger partial charge in [-0.25, -0.2) is 0 Å². The first kappa shape index (κ1) is 26.0. The molecule has 0 aliphatic heterocycles. The van der Waals surface area contributed by atoms with Gasteiger partial charge in [0.1, 0.15) is 5.58 Å². The largest absolute Gasteiger partial charge is 0.501 e. The number of para-hydroxylation sites is 4. The van der Waals surface area contributed by atoms with E-state index in [0.717, 1.165) is 55.6 Å². The molecule has 0 unspecified atom stereocenters. The van der Waals surface area contributed by atoms with Gasteiger partial charge in [0.2, 0.25) is 0 Å². The monoisotopic (exact) mass is 840 g/mol. The zero-order valence-electron chi connectivity index (χ0n) is 36.5. The fourth-order valence-corrected chi connectivity index (χ4v) is 6.14. The molecular weight excluding hydrogens is 791 g/mol. The van der Waals surface area contributed by atoms with Crippen LogP contribution in [0, 0.1) is 45.1 Å². The fourth-order valence-electron chi connectivity index (χ4n) is 6.14. The first-order valence-corrected chi connectivity index (χ1v) is 16.2. The van der Waals surface area contributed by atoms with E-state index in [9.17, 15) is 0 Å². The van der Waals surface area contributed by atoms with Crippen molar-refractivity contribution in [3.05, 3.63) is 149 Å². The summed E-state index contributed by atoms with van der Waals surface area (Å²) in [6.07, 6.45) is -0.632. The normalized spacial score (nSPS) is 14.6. The number of fused-ring (bicyclic) bond motifs is 4. The molecule has 3 aromatic heterocycles. The molecule has 0 saturated heterocycles. The van der Waals surface area contributed by atoms with Crippen LogP contribution in [0.25, 0.3) is 61.3 Å². The Balaban J connectivity index is 0.000000193. The van der Waals surface area contributed by atoms with Gasteiger partial charge in [-0.1, -0.05) is 98.7 Å². The smallest absolute Gasteiger partial charge is 0.120 e. The number of aromatic nitrogens is 3. The molecule has 0 saturated carbocycles. The molecule has 1 radical (unpaired) electrons. The molecule has 5 aromatic carbocycles. The third-order valence-electron chi connectivity index (χ3n) is 8.29. The summed E-state index contributed by atoms with van der Waals surface area (Å²) in [5.41, 5.74) is 7.89. The molecule has 5 heteroatoms. The minimum atomic E-state index is -2.48. The minimum Gasteiger partial charge on any atom is -0.501 e. The predicted molar refractivity (Wildman–Crippen MR) is 203 cm³/mol. The molecule has 0 atom stereocenters. The summed E-state index contributed by atoms with van der Waals surface area (Å²) >= 11 is 0. The topological polar surface area (TPSA) is 43.9 Å². The van der Waals surface area contributed by atoms with Gasteiger partial charge in [0.05, 0.1) is 22.4 Å². The van der Waals surface area contributed by atoms with Crippen LogP contribution in [0.5, 0.6) is 0 Å². The van der Waals surface area contributed by atoms with E-state index >= 15 is 0 Å². The number of aryl methyl sites for hydroxylation is 4. The van der Waals surface area contributed by atoms with E-state index < -0.39 is 25.5 Å². The second-order valence-corrected chi connectivity index (χ2v) is 13.2. The Labute approximate surface area is 319 Å². The molecule has 0 aliphatic rings. The molecule has 0 aliphatic carbocycles. The number of rotatable bonds is 4. The van der Waals surface area contributed by atoms with Crippen LogP contribution in [0.3, 0.4) is 0 Å². The molecule has 0 bridgehead atoms. The second kappa shape index (κ2) is 14.2. The SMILES string of the molecule is [2H]C([2H])([2H])c1c[c-]c(-c2nc3ccccc3n2-c2c(C)cccc2C)cc1.[2H]C([2H])([2H])c1cnc(-c2[c-]ccc3c2oc2ccccc23)cc1C([2H])([2H])C(C)(C)C.[Ir]. The van der Waals surface area contributed by atoms with Crippen LogP contribution in [0.2, 0.25) is 0 Å². The number of imidazole rings is 1. The maximum Gasteiger partial charge on any atom is 0.120 e. The quantitative estimate of drug-likeness (QED) is 0.166. The van der Waals surface area contributed by atoms with Gasteiger partial charge in [0.15, 0.2) is 0 Å². The second-order valence-electron chi connectivity index (χ2n) is 13.2. The summed E-state index contributed by atoms with van der Waals surface area (Å²) in [7, 11) is 0. The summed E-state index contributed by atoms with van der Waals surface area (Å²) in [4.78, 5) is 9.20. The Hall–Kier alpha value is -4.83. The molecule has 0 spiro atoms. The van der Waals surface area contributed by atoms with Crippen LogP contribution >= 0.6 is 0 Å². The van der Waals surface area contributed by atoms with E-state index in [4.69, 9.17) is 20.4 Å². The van der Waals surface area contributed by atoms with Gasteiger partial charge in [-0.05, 0) is 73.1 Å². The number of nitrogens with zero attached hydrogens (tertiary/aromatic N) is 3. The molecule has 253 valence electrons. The first-order chi connectivity index (χ1) is 26.8. The number of pyridine rings is 1. The summed E-state index contributed by atoms with van der Waals surface area (Å²) in [5, 5.41) is 1.87. The molecule has 3 heterocycles. The third-order valence-corrected chi connectivity index (χ3v) is 8.29. The van der Waals surface area contributed by atoms with Gasteiger partial charge in [-0.3, -0.25) is 4.98 Å². The Morgan fingerprint density at radius 1 is 0.840 bits per heavy atom. The van der Waals surface area contributed by atoms with Gasteiger partial charge in [-0.15, -0.1) is 53.6 Å². The fraction of sp³-hybridized carbons (Fsp3) is 0.200. The van der Waals surface area contributed by atoms with Crippen LogP contribution in [0.15, 0.2) is 114 Å². The van der Waals surface area contributed by atoms with Gasteiger partial charge in [0, 0.05) is 48.3 Å². The van der Waals surface area contributed by atoms with Crippen LogP contribution < -0.4 is 0 Å². The average Bonchev–Trinajstić information content (AvgIpc) is 3.73. The van der Waals surface area contributed by atoms with Crippen molar-refractivity contribution in [3.8, 4) is 28.3 Å². The Bertz CT molecular complexity index is 2740. The molecule has 0 fully saturated rings. The van der Waals surface area contributed by atoms with E-state index in [2.05, 4.69) is 53.7 Å². The van der Waals surface area contributed by atoms with Crippen LogP contribution in [-0.2, 0) is 26.5 Å². The molecule has 4 nitrogen and oxygen atoms in total. The molecular formula is C45H41IrN3O-2. The van der Waals surface area contributed by atoms with Crippen molar-refractivity contribution in [2.45, 2.75) is 54.7 Å². The van der Waals surface area contributed by atoms with Gasteiger partial charge < -0.3 is 14.0 Å². The molecule has 0 amide bonds. The van der Waals surface area contributed by atoms with E-state index in [1.807, 2.05) is 54.6 Å². The van der Waals surface area contributed by atoms with Crippen molar-refractivity contribution in [1.29, 1.82) is 0 Å². The third kappa shape index (κ3) is 6.94. The van der Waals surface area contributed by atoms with Crippen LogP contribution in [-0.4, -0.2) is 14.5 Å². The average molecular weight is 840 g/mol. The Morgan fingerprint density at radius 3 is 2.36 bits per heavy atom. The maximum absolute atomic E-state index is 8.70. The Kier molecular flexibility index (Phi) is 7.39. The Morgan fingerprint density at radius 2 is 1.62 bits per heavy atom. The summed E-state index contributed by atoms with van der Waals surface area (Å²) in [6.45, 7) is 4.81. The number of furan rings is 1. The number of hydrogen-bond acceptors (Lipinski definition) is 3. The van der Waals surface area contributed by atoms with E-state index in [0.29, 0.717) is 16.8 Å². The summed E-state index contributed by atoms with van der Waals surface area (Å²) in [6, 6.07) is 38.4. The van der Waals surface area contributed by atoms with Crippen molar-refractivity contribution < 1.29 is 35.5 Å². The maximum atomic E-state index is 8.70. The molecule has 8 rings (SSSR count). The van der Waals surface area contributed by atoms with Crippen molar-refractivity contribution in [1.82, 2.24) is 14.5 Å². The van der Waals surface area contributed by atoms with Crippen molar-refractivity contribution >= 4 is 33.0 Å².